The van der Waals surface area contributed by atoms with Gasteiger partial charge in [-0.25, -0.2) is 9.07 Å². The van der Waals surface area contributed by atoms with Gasteiger partial charge in [-0.05, 0) is 19.1 Å². The van der Waals surface area contributed by atoms with Gasteiger partial charge < -0.3 is 10.5 Å². The monoisotopic (exact) mass is 344 g/mol. The van der Waals surface area contributed by atoms with E-state index in [4.69, 9.17) is 15.9 Å². The molecule has 2 aromatic rings. The van der Waals surface area contributed by atoms with Gasteiger partial charge in [0.05, 0.1) is 5.69 Å². The number of hydrogen-bond donors (Lipinski definition) is 2. The SMILES string of the molecule is Cc1nn(C)c(Oc2cc(Br)cc(F)c2F)c1C(=N)N. The molecule has 0 fully saturated rings. The molecule has 0 spiro atoms. The van der Waals surface area contributed by atoms with Gasteiger partial charge in [-0.3, -0.25) is 5.41 Å². The van der Waals surface area contributed by atoms with Crippen LogP contribution in [0.15, 0.2) is 16.6 Å². The standard InChI is InChI=1S/C12H11BrF2N4O/c1-5-9(11(16)17)12(19(2)18-5)20-8-4-6(13)3-7(14)10(8)15/h3-4H,1-2H3,(H3,16,17). The minimum atomic E-state index is -1.12. The van der Waals surface area contributed by atoms with E-state index in [1.165, 1.54) is 10.7 Å². The van der Waals surface area contributed by atoms with Crippen LogP contribution in [0.4, 0.5) is 8.78 Å². The van der Waals surface area contributed by atoms with Crippen LogP contribution in [0.2, 0.25) is 0 Å². The molecule has 0 unspecified atom stereocenters. The van der Waals surface area contributed by atoms with Crippen molar-refractivity contribution in [1.82, 2.24) is 9.78 Å². The quantitative estimate of drug-likeness (QED) is 0.510. The topological polar surface area (TPSA) is 76.9 Å². The molecule has 0 aliphatic heterocycles. The molecule has 1 aromatic heterocycles. The number of ether oxygens (including phenoxy) is 1. The molecule has 106 valence electrons. The number of aromatic nitrogens is 2. The van der Waals surface area contributed by atoms with Crippen LogP contribution in [0.25, 0.3) is 0 Å². The first kappa shape index (κ1) is 14.4. The molecule has 0 atom stereocenters. The number of amidine groups is 1. The fourth-order valence-corrected chi connectivity index (χ4v) is 2.18. The fourth-order valence-electron chi connectivity index (χ4n) is 1.77. The van der Waals surface area contributed by atoms with Crippen LogP contribution in [0, 0.1) is 24.0 Å². The lowest BCUT2D eigenvalue weighted by molar-refractivity contribution is 0.386. The molecule has 0 saturated heterocycles. The summed E-state index contributed by atoms with van der Waals surface area (Å²) in [6.07, 6.45) is 0. The molecule has 1 heterocycles. The summed E-state index contributed by atoms with van der Waals surface area (Å²) in [6.45, 7) is 1.64. The molecular formula is C12H11BrF2N4O. The zero-order valence-electron chi connectivity index (χ0n) is 10.7. The van der Waals surface area contributed by atoms with Crippen LogP contribution >= 0.6 is 15.9 Å². The Bertz CT molecular complexity index is 699. The molecule has 0 aliphatic carbocycles. The summed E-state index contributed by atoms with van der Waals surface area (Å²) in [6, 6.07) is 2.27. The number of nitrogen functional groups attached to an aromatic ring is 1. The van der Waals surface area contributed by atoms with Crippen molar-refractivity contribution in [3.8, 4) is 11.6 Å². The van der Waals surface area contributed by atoms with Crippen molar-refractivity contribution >= 4 is 21.8 Å². The lowest BCUT2D eigenvalue weighted by Crippen LogP contribution is -2.13. The highest BCUT2D eigenvalue weighted by Crippen LogP contribution is 2.32. The minimum absolute atomic E-state index is 0.0754. The van der Waals surface area contributed by atoms with Crippen molar-refractivity contribution in [2.45, 2.75) is 6.92 Å². The lowest BCUT2D eigenvalue weighted by atomic mass is 10.2. The average Bonchev–Trinajstić information content (AvgIpc) is 2.60. The summed E-state index contributed by atoms with van der Waals surface area (Å²) in [7, 11) is 1.56. The van der Waals surface area contributed by atoms with Gasteiger partial charge in [-0.1, -0.05) is 15.9 Å². The van der Waals surface area contributed by atoms with E-state index in [0.717, 1.165) is 6.07 Å². The van der Waals surface area contributed by atoms with Gasteiger partial charge in [-0.2, -0.15) is 9.49 Å². The van der Waals surface area contributed by atoms with Gasteiger partial charge in [0.1, 0.15) is 11.4 Å². The van der Waals surface area contributed by atoms with E-state index < -0.39 is 11.6 Å². The molecule has 5 nitrogen and oxygen atoms in total. The zero-order valence-corrected chi connectivity index (χ0v) is 12.3. The maximum Gasteiger partial charge on any atom is 0.229 e. The van der Waals surface area contributed by atoms with Crippen LogP contribution in [-0.2, 0) is 7.05 Å². The Morgan fingerprint density at radius 3 is 2.70 bits per heavy atom. The van der Waals surface area contributed by atoms with Crippen molar-refractivity contribution in [1.29, 1.82) is 5.41 Å². The Morgan fingerprint density at radius 2 is 2.10 bits per heavy atom. The molecule has 20 heavy (non-hydrogen) atoms. The van der Waals surface area contributed by atoms with Crippen molar-refractivity contribution < 1.29 is 13.5 Å². The molecule has 0 saturated carbocycles. The van der Waals surface area contributed by atoms with Crippen molar-refractivity contribution in [3.63, 3.8) is 0 Å². The fraction of sp³-hybridized carbons (Fsp3) is 0.167. The second kappa shape index (κ2) is 5.20. The van der Waals surface area contributed by atoms with E-state index in [2.05, 4.69) is 21.0 Å². The summed E-state index contributed by atoms with van der Waals surface area (Å²) in [4.78, 5) is 0. The Balaban J connectivity index is 2.53. The number of halogens is 3. The summed E-state index contributed by atoms with van der Waals surface area (Å²) >= 11 is 3.06. The predicted octanol–water partition coefficient (Wildman–Crippen LogP) is 2.85. The first-order valence-electron chi connectivity index (χ1n) is 5.51. The van der Waals surface area contributed by atoms with Crippen molar-refractivity contribution in [3.05, 3.63) is 39.5 Å². The lowest BCUT2D eigenvalue weighted by Gasteiger charge is -2.09. The molecule has 0 amide bonds. The predicted molar refractivity (Wildman–Crippen MR) is 73.1 cm³/mol. The summed E-state index contributed by atoms with van der Waals surface area (Å²) < 4.78 is 34.0. The van der Waals surface area contributed by atoms with Gasteiger partial charge in [0.25, 0.3) is 0 Å². The average molecular weight is 345 g/mol. The Labute approximate surface area is 122 Å². The zero-order chi connectivity index (χ0) is 15.0. The second-order valence-corrected chi connectivity index (χ2v) is 5.02. The minimum Gasteiger partial charge on any atom is -0.435 e. The first-order valence-corrected chi connectivity index (χ1v) is 6.31. The summed E-state index contributed by atoms with van der Waals surface area (Å²) in [5.74, 6) is -2.67. The molecule has 3 N–H and O–H groups in total. The van der Waals surface area contributed by atoms with Crippen LogP contribution in [-0.4, -0.2) is 15.6 Å². The molecule has 1 aromatic carbocycles. The summed E-state index contributed by atoms with van der Waals surface area (Å²) in [5, 5.41) is 11.5. The number of hydrogen-bond acceptors (Lipinski definition) is 3. The molecule has 8 heteroatoms. The smallest absolute Gasteiger partial charge is 0.229 e. The highest BCUT2D eigenvalue weighted by molar-refractivity contribution is 9.10. The largest absolute Gasteiger partial charge is 0.435 e. The van der Waals surface area contributed by atoms with Crippen LogP contribution < -0.4 is 10.5 Å². The highest BCUT2D eigenvalue weighted by Gasteiger charge is 2.20. The second-order valence-electron chi connectivity index (χ2n) is 4.10. The van der Waals surface area contributed by atoms with Crippen LogP contribution in [0.5, 0.6) is 11.6 Å². The van der Waals surface area contributed by atoms with Gasteiger partial charge >= 0.3 is 0 Å². The molecule has 2 rings (SSSR count). The van der Waals surface area contributed by atoms with Crippen molar-refractivity contribution in [2.75, 3.05) is 0 Å². The maximum atomic E-state index is 13.7. The summed E-state index contributed by atoms with van der Waals surface area (Å²) in [5.41, 5.74) is 6.16. The third-order valence-corrected chi connectivity index (χ3v) is 3.06. The number of benzene rings is 1. The number of rotatable bonds is 3. The molecular weight excluding hydrogens is 334 g/mol. The molecule has 0 radical (unpaired) electrons. The van der Waals surface area contributed by atoms with Crippen molar-refractivity contribution in [2.24, 2.45) is 12.8 Å². The number of nitrogens with zero attached hydrogens (tertiary/aromatic N) is 2. The van der Waals surface area contributed by atoms with E-state index in [9.17, 15) is 8.78 Å². The normalized spacial score (nSPS) is 10.7. The third kappa shape index (κ3) is 2.51. The molecule has 0 aliphatic rings. The van der Waals surface area contributed by atoms with E-state index >= 15 is 0 Å². The van der Waals surface area contributed by atoms with Gasteiger partial charge in [0, 0.05) is 11.5 Å². The number of nitrogens with one attached hydrogen (secondary N) is 1. The third-order valence-electron chi connectivity index (χ3n) is 2.61. The maximum absolute atomic E-state index is 13.7. The number of nitrogens with two attached hydrogens (primary N) is 1. The van der Waals surface area contributed by atoms with Gasteiger partial charge in [-0.15, -0.1) is 0 Å². The Hall–Kier alpha value is -1.96. The molecule has 0 bridgehead atoms. The number of aryl methyl sites for hydroxylation is 2. The Morgan fingerprint density at radius 1 is 1.45 bits per heavy atom. The highest BCUT2D eigenvalue weighted by atomic mass is 79.9. The van der Waals surface area contributed by atoms with Crippen LogP contribution in [0.3, 0.4) is 0 Å². The Kier molecular flexibility index (Phi) is 3.76. The van der Waals surface area contributed by atoms with E-state index in [1.807, 2.05) is 0 Å². The van der Waals surface area contributed by atoms with Gasteiger partial charge in [0.15, 0.2) is 11.6 Å². The van der Waals surface area contributed by atoms with Gasteiger partial charge in [0.2, 0.25) is 11.7 Å². The van der Waals surface area contributed by atoms with E-state index in [-0.39, 0.29) is 23.0 Å². The van der Waals surface area contributed by atoms with E-state index in [1.54, 1.807) is 14.0 Å². The first-order chi connectivity index (χ1) is 9.31. The van der Waals surface area contributed by atoms with E-state index in [0.29, 0.717) is 10.2 Å². The van der Waals surface area contributed by atoms with Crippen LogP contribution in [0.1, 0.15) is 11.3 Å².